The quantitative estimate of drug-likeness (QED) is 0.346. The van der Waals surface area contributed by atoms with Crippen molar-refractivity contribution < 1.29 is 4.79 Å². The molecule has 0 aliphatic carbocycles. The van der Waals surface area contributed by atoms with E-state index in [1.54, 1.807) is 12.1 Å². The van der Waals surface area contributed by atoms with Crippen molar-refractivity contribution in [2.75, 3.05) is 11.5 Å². The van der Waals surface area contributed by atoms with Crippen LogP contribution in [-0.4, -0.2) is 11.5 Å². The number of thiol groups is 1. The topological polar surface area (TPSA) is 43.1 Å². The van der Waals surface area contributed by atoms with Crippen LogP contribution in [-0.2, 0) is 0 Å². The number of hydrogen-bond donors (Lipinski definition) is 2. The number of benzene rings is 1. The maximum atomic E-state index is 11.2. The number of anilines is 1. The monoisotopic (exact) mass is 219 g/mol. The third kappa shape index (κ3) is 3.34. The van der Waals surface area contributed by atoms with Crippen molar-refractivity contribution in [2.45, 2.75) is 13.3 Å². The molecule has 0 aromatic heterocycles. The average molecular weight is 219 g/mol. The summed E-state index contributed by atoms with van der Waals surface area (Å²) < 4.78 is 0. The Morgan fingerprint density at radius 3 is 2.87 bits per heavy atom. The summed E-state index contributed by atoms with van der Waals surface area (Å²) in [5, 5.41) is 0. The van der Waals surface area contributed by atoms with Crippen molar-refractivity contribution in [3.63, 3.8) is 0 Å². The minimum Gasteiger partial charge on any atom is -0.398 e. The first-order chi connectivity index (χ1) is 7.15. The molecular formula is C12H13NOS. The van der Waals surface area contributed by atoms with Crippen LogP contribution in [0.15, 0.2) is 18.2 Å². The fourth-order valence-corrected chi connectivity index (χ4v) is 1.27. The van der Waals surface area contributed by atoms with Gasteiger partial charge in [-0.1, -0.05) is 11.8 Å². The Labute approximate surface area is 95.3 Å². The van der Waals surface area contributed by atoms with Crippen molar-refractivity contribution >= 4 is 24.1 Å². The van der Waals surface area contributed by atoms with E-state index in [1.807, 2.05) is 6.07 Å². The molecule has 78 valence electrons. The summed E-state index contributed by atoms with van der Waals surface area (Å²) in [6, 6.07) is 5.25. The van der Waals surface area contributed by atoms with Gasteiger partial charge in [-0.3, -0.25) is 4.79 Å². The third-order valence-corrected chi connectivity index (χ3v) is 2.13. The number of carbonyl (C=O) groups is 1. The lowest BCUT2D eigenvalue weighted by Gasteiger charge is -2.01. The van der Waals surface area contributed by atoms with Crippen molar-refractivity contribution in [2.24, 2.45) is 0 Å². The molecule has 0 radical (unpaired) electrons. The van der Waals surface area contributed by atoms with Gasteiger partial charge < -0.3 is 5.73 Å². The molecule has 0 saturated heterocycles. The number of carbonyl (C=O) groups excluding carboxylic acids is 1. The molecule has 0 aliphatic heterocycles. The molecule has 0 spiro atoms. The Kier molecular flexibility index (Phi) is 4.26. The normalized spacial score (nSPS) is 9.20. The van der Waals surface area contributed by atoms with Gasteiger partial charge in [0.2, 0.25) is 0 Å². The predicted octanol–water partition coefficient (Wildman–Crippen LogP) is 2.14. The summed E-state index contributed by atoms with van der Waals surface area (Å²) in [7, 11) is 0. The Morgan fingerprint density at radius 1 is 1.53 bits per heavy atom. The lowest BCUT2D eigenvalue weighted by Crippen LogP contribution is -1.99. The zero-order chi connectivity index (χ0) is 11.3. The predicted molar refractivity (Wildman–Crippen MR) is 66.2 cm³/mol. The van der Waals surface area contributed by atoms with Crippen LogP contribution in [0.3, 0.4) is 0 Å². The van der Waals surface area contributed by atoms with E-state index in [-0.39, 0.29) is 5.78 Å². The molecule has 0 amide bonds. The Bertz CT molecular complexity index is 429. The van der Waals surface area contributed by atoms with E-state index < -0.39 is 0 Å². The molecule has 0 aliphatic rings. The standard InChI is InChI=1S/C12H13NOS/c1-9(14)11-8-10(4-2-3-7-15)5-6-12(11)13/h5-6,8,15H,3,7,13H2,1H3. The Hall–Kier alpha value is -1.40. The highest BCUT2D eigenvalue weighted by Gasteiger charge is 2.04. The molecule has 2 N–H and O–H groups in total. The van der Waals surface area contributed by atoms with Crippen LogP contribution < -0.4 is 5.73 Å². The minimum absolute atomic E-state index is 0.0367. The van der Waals surface area contributed by atoms with Crippen LogP contribution in [0.1, 0.15) is 29.3 Å². The zero-order valence-electron chi connectivity index (χ0n) is 8.58. The van der Waals surface area contributed by atoms with Gasteiger partial charge in [-0.05, 0) is 25.1 Å². The lowest BCUT2D eigenvalue weighted by atomic mass is 10.1. The second-order valence-electron chi connectivity index (χ2n) is 3.13. The molecule has 0 atom stereocenters. The van der Waals surface area contributed by atoms with Crippen LogP contribution >= 0.6 is 12.6 Å². The molecule has 0 saturated carbocycles. The van der Waals surface area contributed by atoms with Gasteiger partial charge in [0.05, 0.1) is 0 Å². The first-order valence-electron chi connectivity index (χ1n) is 4.65. The highest BCUT2D eigenvalue weighted by Crippen LogP contribution is 2.14. The molecule has 2 nitrogen and oxygen atoms in total. The van der Waals surface area contributed by atoms with Crippen LogP contribution in [0.4, 0.5) is 5.69 Å². The van der Waals surface area contributed by atoms with Gasteiger partial charge in [0.15, 0.2) is 5.78 Å². The van der Waals surface area contributed by atoms with Gasteiger partial charge >= 0.3 is 0 Å². The maximum absolute atomic E-state index is 11.2. The van der Waals surface area contributed by atoms with Crippen molar-refractivity contribution in [1.29, 1.82) is 0 Å². The highest BCUT2D eigenvalue weighted by atomic mass is 32.1. The van der Waals surface area contributed by atoms with E-state index in [0.29, 0.717) is 11.3 Å². The van der Waals surface area contributed by atoms with Gasteiger partial charge in [-0.25, -0.2) is 0 Å². The lowest BCUT2D eigenvalue weighted by molar-refractivity contribution is 0.101. The van der Waals surface area contributed by atoms with E-state index in [2.05, 4.69) is 24.5 Å². The molecule has 1 rings (SSSR count). The van der Waals surface area contributed by atoms with Crippen molar-refractivity contribution in [3.8, 4) is 11.8 Å². The smallest absolute Gasteiger partial charge is 0.161 e. The van der Waals surface area contributed by atoms with Crippen LogP contribution in [0.25, 0.3) is 0 Å². The molecule has 15 heavy (non-hydrogen) atoms. The Morgan fingerprint density at radius 2 is 2.27 bits per heavy atom. The van der Waals surface area contributed by atoms with Gasteiger partial charge in [0.25, 0.3) is 0 Å². The van der Waals surface area contributed by atoms with E-state index >= 15 is 0 Å². The molecule has 0 bridgehead atoms. The van der Waals surface area contributed by atoms with Crippen LogP contribution in [0, 0.1) is 11.8 Å². The molecular weight excluding hydrogens is 206 g/mol. The summed E-state index contributed by atoms with van der Waals surface area (Å²) in [6.07, 6.45) is 0.739. The largest absolute Gasteiger partial charge is 0.398 e. The summed E-state index contributed by atoms with van der Waals surface area (Å²) in [5.74, 6) is 6.62. The van der Waals surface area contributed by atoms with Crippen LogP contribution in [0.5, 0.6) is 0 Å². The third-order valence-electron chi connectivity index (χ3n) is 1.90. The number of rotatable bonds is 2. The van der Waals surface area contributed by atoms with E-state index in [9.17, 15) is 4.79 Å². The average Bonchev–Trinajstić information content (AvgIpc) is 2.20. The van der Waals surface area contributed by atoms with E-state index in [1.165, 1.54) is 6.92 Å². The van der Waals surface area contributed by atoms with Gasteiger partial charge in [0, 0.05) is 29.0 Å². The first kappa shape index (κ1) is 11.7. The van der Waals surface area contributed by atoms with Gasteiger partial charge in [-0.2, -0.15) is 12.6 Å². The molecule has 1 aromatic carbocycles. The van der Waals surface area contributed by atoms with Gasteiger partial charge in [0.1, 0.15) is 0 Å². The van der Waals surface area contributed by atoms with E-state index in [4.69, 9.17) is 5.73 Å². The number of nitrogen functional groups attached to an aromatic ring is 1. The summed E-state index contributed by atoms with van der Waals surface area (Å²) >= 11 is 4.06. The second-order valence-corrected chi connectivity index (χ2v) is 3.58. The molecule has 0 heterocycles. The second kappa shape index (κ2) is 5.47. The number of hydrogen-bond acceptors (Lipinski definition) is 3. The first-order valence-corrected chi connectivity index (χ1v) is 5.28. The van der Waals surface area contributed by atoms with Crippen molar-refractivity contribution in [1.82, 2.24) is 0 Å². The molecule has 1 aromatic rings. The fraction of sp³-hybridized carbons (Fsp3) is 0.250. The summed E-state index contributed by atoms with van der Waals surface area (Å²) in [4.78, 5) is 11.2. The van der Waals surface area contributed by atoms with Crippen LogP contribution in [0.2, 0.25) is 0 Å². The molecule has 0 unspecified atom stereocenters. The maximum Gasteiger partial charge on any atom is 0.161 e. The number of nitrogens with two attached hydrogens (primary N) is 1. The van der Waals surface area contributed by atoms with Gasteiger partial charge in [-0.15, -0.1) is 0 Å². The van der Waals surface area contributed by atoms with Crippen molar-refractivity contribution in [3.05, 3.63) is 29.3 Å². The molecule has 3 heteroatoms. The number of ketones is 1. The Balaban J connectivity index is 2.99. The molecule has 0 fully saturated rings. The summed E-state index contributed by atoms with van der Waals surface area (Å²) in [6.45, 7) is 1.50. The minimum atomic E-state index is -0.0367. The van der Waals surface area contributed by atoms with E-state index in [0.717, 1.165) is 17.7 Å². The number of Topliss-reactive ketones (excluding diaryl/α,β-unsaturated/α-hetero) is 1. The fourth-order valence-electron chi connectivity index (χ4n) is 1.16. The summed E-state index contributed by atoms with van der Waals surface area (Å²) in [5.41, 5.74) is 7.52. The SMILES string of the molecule is CC(=O)c1cc(C#CCCS)ccc1N. The highest BCUT2D eigenvalue weighted by molar-refractivity contribution is 7.80. The zero-order valence-corrected chi connectivity index (χ0v) is 9.47.